The zero-order valence-electron chi connectivity index (χ0n) is 16.4. The fourth-order valence-corrected chi connectivity index (χ4v) is 4.73. The van der Waals surface area contributed by atoms with Crippen LogP contribution >= 0.6 is 34.5 Å². The van der Waals surface area contributed by atoms with Crippen molar-refractivity contribution in [2.75, 3.05) is 24.6 Å². The molecule has 2 aromatic heterocycles. The second kappa shape index (κ2) is 9.32. The summed E-state index contributed by atoms with van der Waals surface area (Å²) in [6, 6.07) is -0.208. The van der Waals surface area contributed by atoms with Gasteiger partial charge in [0.25, 0.3) is 5.91 Å². The van der Waals surface area contributed by atoms with Crippen LogP contribution in [-0.4, -0.2) is 57.9 Å². The summed E-state index contributed by atoms with van der Waals surface area (Å²) >= 11 is 13.9. The number of aromatic amines is 1. The number of anilines is 1. The molecular weight excluding hydrogens is 437 g/mol. The molecule has 3 rings (SSSR count). The van der Waals surface area contributed by atoms with E-state index < -0.39 is 0 Å². The van der Waals surface area contributed by atoms with Crippen molar-refractivity contribution in [3.05, 3.63) is 27.2 Å². The molecule has 0 unspecified atom stereocenters. The monoisotopic (exact) mass is 459 g/mol. The molecule has 0 radical (unpaired) electrons. The Bertz CT molecular complexity index is 900. The first kappa shape index (κ1) is 21.9. The minimum atomic E-state index is -0.359. The Kier molecular flexibility index (Phi) is 7.02. The lowest BCUT2D eigenvalue weighted by Crippen LogP contribution is -2.52. The number of nitrogens with one attached hydrogen (secondary N) is 2. The van der Waals surface area contributed by atoms with Gasteiger partial charge in [0.2, 0.25) is 0 Å². The van der Waals surface area contributed by atoms with Crippen LogP contribution in [0.1, 0.15) is 51.9 Å². The highest BCUT2D eigenvalue weighted by Crippen LogP contribution is 2.30. The third-order valence-corrected chi connectivity index (χ3v) is 6.62. The topological polar surface area (TPSA) is 100 Å². The fraction of sp³-hybridized carbons (Fsp3) is 0.556. The summed E-state index contributed by atoms with van der Waals surface area (Å²) in [6.45, 7) is 6.96. The summed E-state index contributed by atoms with van der Waals surface area (Å²) in [6.07, 6.45) is 1.30. The Morgan fingerprint density at radius 3 is 2.76 bits per heavy atom. The van der Waals surface area contributed by atoms with Gasteiger partial charge in [0.05, 0.1) is 23.4 Å². The van der Waals surface area contributed by atoms with Crippen LogP contribution in [0, 0.1) is 6.92 Å². The Balaban J connectivity index is 1.62. The normalized spacial score (nSPS) is 19.3. The van der Waals surface area contributed by atoms with E-state index in [-0.39, 0.29) is 29.1 Å². The van der Waals surface area contributed by atoms with Gasteiger partial charge in [-0.15, -0.1) is 11.6 Å². The molecule has 1 aliphatic rings. The molecule has 29 heavy (non-hydrogen) atoms. The average Bonchev–Trinajstić information content (AvgIpc) is 3.26. The van der Waals surface area contributed by atoms with Gasteiger partial charge in [-0.1, -0.05) is 29.9 Å². The summed E-state index contributed by atoms with van der Waals surface area (Å²) in [5, 5.41) is 3.65. The highest BCUT2D eigenvalue weighted by atomic mass is 35.5. The maximum Gasteiger partial charge on any atom is 0.350 e. The predicted octanol–water partition coefficient (Wildman–Crippen LogP) is 3.18. The number of carbonyl (C=O) groups is 2. The minimum absolute atomic E-state index is 0.188. The lowest BCUT2D eigenvalue weighted by Gasteiger charge is -2.35. The molecule has 3 heterocycles. The van der Waals surface area contributed by atoms with Gasteiger partial charge >= 0.3 is 5.97 Å². The van der Waals surface area contributed by atoms with Gasteiger partial charge < -0.3 is 19.9 Å². The Morgan fingerprint density at radius 1 is 1.38 bits per heavy atom. The first-order chi connectivity index (χ1) is 13.8. The van der Waals surface area contributed by atoms with E-state index in [2.05, 4.69) is 20.3 Å². The first-order valence-corrected chi connectivity index (χ1v) is 11.1. The van der Waals surface area contributed by atoms with Crippen molar-refractivity contribution < 1.29 is 14.3 Å². The molecule has 0 aliphatic carbocycles. The van der Waals surface area contributed by atoms with Crippen LogP contribution in [0.4, 0.5) is 5.13 Å². The number of aryl methyl sites for hydroxylation is 2. The van der Waals surface area contributed by atoms with Gasteiger partial charge in [-0.3, -0.25) is 4.79 Å². The number of carbonyl (C=O) groups excluding carboxylic acids is 2. The van der Waals surface area contributed by atoms with Crippen LogP contribution in [0.3, 0.4) is 0 Å². The number of thiazole rings is 1. The maximum atomic E-state index is 12.5. The number of alkyl halides is 1. The molecule has 0 aromatic carbocycles. The van der Waals surface area contributed by atoms with Crippen molar-refractivity contribution in [1.82, 2.24) is 20.3 Å². The smallest absolute Gasteiger partial charge is 0.350 e. The molecule has 8 nitrogen and oxygen atoms in total. The highest BCUT2D eigenvalue weighted by Gasteiger charge is 2.32. The van der Waals surface area contributed by atoms with Crippen molar-refractivity contribution in [2.24, 2.45) is 0 Å². The van der Waals surface area contributed by atoms with E-state index in [9.17, 15) is 9.59 Å². The molecule has 158 valence electrons. The number of imidazole rings is 1. The molecule has 2 atom stereocenters. The second-order valence-corrected chi connectivity index (χ2v) is 8.57. The SMILES string of the molecule is CCOC(=O)c1sc(N2CC[C@H](NC(=O)c3nc(Cl)c(CC)[nH]3)[C@H](Cl)C2)nc1C. The number of ether oxygens (including phenoxy) is 1. The molecule has 1 fully saturated rings. The highest BCUT2D eigenvalue weighted by molar-refractivity contribution is 7.17. The Labute approximate surface area is 183 Å². The summed E-state index contributed by atoms with van der Waals surface area (Å²) in [4.78, 5) is 38.5. The van der Waals surface area contributed by atoms with Crippen LogP contribution in [-0.2, 0) is 11.2 Å². The van der Waals surface area contributed by atoms with E-state index in [0.29, 0.717) is 48.3 Å². The predicted molar refractivity (Wildman–Crippen MR) is 114 cm³/mol. The molecule has 2 N–H and O–H groups in total. The molecule has 0 bridgehead atoms. The largest absolute Gasteiger partial charge is 0.462 e. The van der Waals surface area contributed by atoms with E-state index >= 15 is 0 Å². The van der Waals surface area contributed by atoms with Gasteiger partial charge in [-0.05, 0) is 26.7 Å². The van der Waals surface area contributed by atoms with Gasteiger partial charge in [0, 0.05) is 19.1 Å². The molecule has 0 saturated carbocycles. The number of nitrogens with zero attached hydrogens (tertiary/aromatic N) is 3. The van der Waals surface area contributed by atoms with E-state index in [1.165, 1.54) is 11.3 Å². The van der Waals surface area contributed by atoms with Crippen molar-refractivity contribution >= 4 is 51.5 Å². The molecule has 0 spiro atoms. The summed E-state index contributed by atoms with van der Waals surface area (Å²) < 4.78 is 5.07. The van der Waals surface area contributed by atoms with Crippen molar-refractivity contribution in [2.45, 2.75) is 45.0 Å². The number of piperidine rings is 1. The standard InChI is InChI=1S/C18H23Cl2N5O3S/c1-4-11-14(20)24-15(22-11)16(26)23-12-6-7-25(8-10(12)19)18-21-9(3)13(29-18)17(27)28-5-2/h10,12H,4-8H2,1-3H3,(H,22,24)(H,23,26)/t10-,12+/m1/s1. The first-order valence-electron chi connectivity index (χ1n) is 9.42. The Morgan fingerprint density at radius 2 is 2.14 bits per heavy atom. The average molecular weight is 460 g/mol. The van der Waals surface area contributed by atoms with E-state index in [4.69, 9.17) is 27.9 Å². The lowest BCUT2D eigenvalue weighted by molar-refractivity contribution is 0.0531. The maximum absolute atomic E-state index is 12.5. The number of hydrogen-bond acceptors (Lipinski definition) is 7. The second-order valence-electron chi connectivity index (χ2n) is 6.67. The van der Waals surface area contributed by atoms with Crippen molar-refractivity contribution in [1.29, 1.82) is 0 Å². The van der Waals surface area contributed by atoms with Gasteiger partial charge in [-0.2, -0.15) is 0 Å². The minimum Gasteiger partial charge on any atom is -0.462 e. The molecule has 11 heteroatoms. The van der Waals surface area contributed by atoms with Crippen LogP contribution in [0.2, 0.25) is 5.15 Å². The Hall–Kier alpha value is -1.84. The van der Waals surface area contributed by atoms with E-state index in [1.54, 1.807) is 13.8 Å². The number of H-pyrrole nitrogens is 1. The zero-order valence-corrected chi connectivity index (χ0v) is 18.7. The van der Waals surface area contributed by atoms with E-state index in [0.717, 1.165) is 10.8 Å². The summed E-state index contributed by atoms with van der Waals surface area (Å²) in [5.41, 5.74) is 1.37. The van der Waals surface area contributed by atoms with Crippen molar-refractivity contribution in [3.63, 3.8) is 0 Å². The lowest BCUT2D eigenvalue weighted by atomic mass is 10.0. The third-order valence-electron chi connectivity index (χ3n) is 4.67. The van der Waals surface area contributed by atoms with Crippen LogP contribution in [0.25, 0.3) is 0 Å². The van der Waals surface area contributed by atoms with Crippen molar-refractivity contribution in [3.8, 4) is 0 Å². The van der Waals surface area contributed by atoms with Crippen LogP contribution in [0.5, 0.6) is 0 Å². The van der Waals surface area contributed by atoms with Gasteiger partial charge in [0.15, 0.2) is 16.1 Å². The number of rotatable bonds is 6. The summed E-state index contributed by atoms with van der Waals surface area (Å²) in [7, 11) is 0. The number of esters is 1. The summed E-state index contributed by atoms with van der Waals surface area (Å²) in [5.74, 6) is -0.500. The quantitative estimate of drug-likeness (QED) is 0.508. The number of hydrogen-bond donors (Lipinski definition) is 2. The fourth-order valence-electron chi connectivity index (χ4n) is 3.11. The van der Waals surface area contributed by atoms with E-state index in [1.807, 2.05) is 11.8 Å². The zero-order chi connectivity index (χ0) is 21.1. The molecule has 1 aliphatic heterocycles. The molecule has 1 amide bonds. The van der Waals surface area contributed by atoms with Crippen LogP contribution < -0.4 is 10.2 Å². The van der Waals surface area contributed by atoms with Crippen LogP contribution in [0.15, 0.2) is 0 Å². The number of halogens is 2. The third kappa shape index (κ3) is 4.84. The van der Waals surface area contributed by atoms with Gasteiger partial charge in [-0.25, -0.2) is 14.8 Å². The molecule has 2 aromatic rings. The number of aromatic nitrogens is 3. The van der Waals surface area contributed by atoms with Gasteiger partial charge in [0.1, 0.15) is 4.88 Å². The molecule has 1 saturated heterocycles. The molecular formula is C18H23Cl2N5O3S. The number of amides is 1.